The van der Waals surface area contributed by atoms with Crippen molar-refractivity contribution < 1.29 is 23.7 Å². The molecule has 5 nitrogen and oxygen atoms in total. The number of ketones is 1. The van der Waals surface area contributed by atoms with Crippen molar-refractivity contribution in [1.82, 2.24) is 0 Å². The zero-order valence-electron chi connectivity index (χ0n) is 12.6. The molecule has 0 unspecified atom stereocenters. The number of carbonyl (C=O) groups is 1. The fourth-order valence-corrected chi connectivity index (χ4v) is 1.12. The average molecular weight is 276 g/mol. The van der Waals surface area contributed by atoms with Crippen molar-refractivity contribution in [1.29, 1.82) is 0 Å². The fourth-order valence-electron chi connectivity index (χ4n) is 1.12. The first-order chi connectivity index (χ1) is 9.04. The molecule has 0 aromatic rings. The van der Waals surface area contributed by atoms with E-state index in [2.05, 4.69) is 0 Å². The number of ether oxygens (including phenoxy) is 4. The van der Waals surface area contributed by atoms with Gasteiger partial charge < -0.3 is 18.9 Å². The van der Waals surface area contributed by atoms with Crippen LogP contribution in [0.4, 0.5) is 0 Å². The van der Waals surface area contributed by atoms with Crippen LogP contribution in [-0.4, -0.2) is 58.1 Å². The smallest absolute Gasteiger partial charge is 0.160 e. The SMILES string of the molecule is CC(C)OCCOCCOCCOCC(=O)C(C)C. The van der Waals surface area contributed by atoms with Crippen molar-refractivity contribution >= 4 is 5.78 Å². The van der Waals surface area contributed by atoms with Crippen molar-refractivity contribution in [3.63, 3.8) is 0 Å². The van der Waals surface area contributed by atoms with Gasteiger partial charge in [0.1, 0.15) is 6.61 Å². The molecule has 0 heterocycles. The minimum absolute atomic E-state index is 0.0300. The van der Waals surface area contributed by atoms with Gasteiger partial charge in [0.25, 0.3) is 0 Å². The van der Waals surface area contributed by atoms with Crippen LogP contribution in [0.3, 0.4) is 0 Å². The monoisotopic (exact) mass is 276 g/mol. The molecular formula is C14H28O5. The average Bonchev–Trinajstić information content (AvgIpc) is 2.35. The number of Topliss-reactive ketones (excluding diaryl/α,β-unsaturated/α-hetero) is 1. The number of hydrogen-bond donors (Lipinski definition) is 0. The van der Waals surface area contributed by atoms with Gasteiger partial charge >= 0.3 is 0 Å². The molecule has 0 rings (SSSR count). The molecule has 0 aliphatic carbocycles. The maximum absolute atomic E-state index is 11.2. The maximum atomic E-state index is 11.2. The Bertz CT molecular complexity index is 216. The first-order valence-corrected chi connectivity index (χ1v) is 6.91. The second-order valence-electron chi connectivity index (χ2n) is 4.82. The molecule has 19 heavy (non-hydrogen) atoms. The minimum atomic E-state index is 0.0300. The molecule has 0 aromatic carbocycles. The highest BCUT2D eigenvalue weighted by molar-refractivity contribution is 5.81. The Balaban J connectivity index is 3.09. The van der Waals surface area contributed by atoms with Crippen LogP contribution in [0.5, 0.6) is 0 Å². The molecule has 0 bridgehead atoms. The van der Waals surface area contributed by atoms with E-state index in [0.29, 0.717) is 39.6 Å². The molecule has 0 fully saturated rings. The minimum Gasteiger partial charge on any atom is -0.377 e. The zero-order valence-corrected chi connectivity index (χ0v) is 12.6. The summed E-state index contributed by atoms with van der Waals surface area (Å²) in [6.07, 6.45) is 0.241. The van der Waals surface area contributed by atoms with Crippen molar-refractivity contribution in [3.8, 4) is 0 Å². The fraction of sp³-hybridized carbons (Fsp3) is 0.929. The Hall–Kier alpha value is -0.490. The second-order valence-corrected chi connectivity index (χ2v) is 4.82. The number of carbonyl (C=O) groups excluding carboxylic acids is 1. The van der Waals surface area contributed by atoms with Gasteiger partial charge in [0, 0.05) is 5.92 Å². The van der Waals surface area contributed by atoms with Crippen LogP contribution in [0.2, 0.25) is 0 Å². The topological polar surface area (TPSA) is 54.0 Å². The molecule has 0 aliphatic heterocycles. The van der Waals surface area contributed by atoms with Gasteiger partial charge in [-0.1, -0.05) is 13.8 Å². The van der Waals surface area contributed by atoms with Crippen molar-refractivity contribution in [3.05, 3.63) is 0 Å². The third kappa shape index (κ3) is 13.7. The molecule has 0 saturated heterocycles. The van der Waals surface area contributed by atoms with E-state index in [-0.39, 0.29) is 24.4 Å². The van der Waals surface area contributed by atoms with Gasteiger partial charge in [0.15, 0.2) is 5.78 Å². The molecule has 0 aromatic heterocycles. The number of hydrogen-bond acceptors (Lipinski definition) is 5. The standard InChI is InChI=1S/C14H28O5/c1-12(2)14(15)11-18-8-7-16-5-6-17-9-10-19-13(3)4/h12-13H,5-11H2,1-4H3. The van der Waals surface area contributed by atoms with Crippen molar-refractivity contribution in [2.75, 3.05) is 46.2 Å². The van der Waals surface area contributed by atoms with Gasteiger partial charge in [-0.2, -0.15) is 0 Å². The number of rotatable bonds is 13. The summed E-state index contributed by atoms with van der Waals surface area (Å²) in [5.41, 5.74) is 0. The van der Waals surface area contributed by atoms with Crippen LogP contribution in [0.15, 0.2) is 0 Å². The second kappa shape index (κ2) is 12.5. The molecular weight excluding hydrogens is 248 g/mol. The zero-order chi connectivity index (χ0) is 14.5. The molecule has 114 valence electrons. The summed E-state index contributed by atoms with van der Waals surface area (Å²) < 4.78 is 21.1. The summed E-state index contributed by atoms with van der Waals surface area (Å²) in [5.74, 6) is 0.149. The maximum Gasteiger partial charge on any atom is 0.160 e. The highest BCUT2D eigenvalue weighted by atomic mass is 16.6. The molecule has 0 spiro atoms. The highest BCUT2D eigenvalue weighted by Crippen LogP contribution is 1.94. The van der Waals surface area contributed by atoms with E-state index in [4.69, 9.17) is 18.9 Å². The lowest BCUT2D eigenvalue weighted by Crippen LogP contribution is -2.17. The lowest BCUT2D eigenvalue weighted by molar-refractivity contribution is -0.127. The van der Waals surface area contributed by atoms with E-state index < -0.39 is 0 Å². The van der Waals surface area contributed by atoms with Gasteiger partial charge in [0.2, 0.25) is 0 Å². The Labute approximate surface area is 116 Å². The van der Waals surface area contributed by atoms with Crippen LogP contribution in [0, 0.1) is 5.92 Å². The van der Waals surface area contributed by atoms with Crippen LogP contribution in [0.25, 0.3) is 0 Å². The lowest BCUT2D eigenvalue weighted by Gasteiger charge is -2.09. The first kappa shape index (κ1) is 18.5. The van der Waals surface area contributed by atoms with E-state index in [1.807, 2.05) is 27.7 Å². The summed E-state index contributed by atoms with van der Waals surface area (Å²) in [6, 6.07) is 0. The third-order valence-corrected chi connectivity index (χ3v) is 2.31. The molecule has 0 amide bonds. The molecule has 0 aliphatic rings. The summed E-state index contributed by atoms with van der Waals surface area (Å²) in [4.78, 5) is 11.2. The van der Waals surface area contributed by atoms with E-state index in [9.17, 15) is 4.79 Å². The summed E-state index contributed by atoms with van der Waals surface area (Å²) in [5, 5.41) is 0. The Kier molecular flexibility index (Phi) is 12.2. The first-order valence-electron chi connectivity index (χ1n) is 6.91. The molecule has 0 saturated carbocycles. The van der Waals surface area contributed by atoms with Crippen LogP contribution in [-0.2, 0) is 23.7 Å². The predicted octanol–water partition coefficient (Wildman–Crippen LogP) is 1.69. The molecule has 5 heteroatoms. The predicted molar refractivity (Wildman–Crippen MR) is 73.4 cm³/mol. The van der Waals surface area contributed by atoms with Crippen LogP contribution in [0.1, 0.15) is 27.7 Å². The third-order valence-electron chi connectivity index (χ3n) is 2.31. The van der Waals surface area contributed by atoms with E-state index in [1.165, 1.54) is 0 Å². The summed E-state index contributed by atoms with van der Waals surface area (Å²) >= 11 is 0. The Morgan fingerprint density at radius 2 is 1.26 bits per heavy atom. The summed E-state index contributed by atoms with van der Waals surface area (Å²) in [7, 11) is 0. The Morgan fingerprint density at radius 1 is 0.789 bits per heavy atom. The quantitative estimate of drug-likeness (QED) is 0.479. The van der Waals surface area contributed by atoms with Gasteiger partial charge in [-0.25, -0.2) is 0 Å². The van der Waals surface area contributed by atoms with Crippen molar-refractivity contribution in [2.45, 2.75) is 33.8 Å². The van der Waals surface area contributed by atoms with E-state index in [0.717, 1.165) is 0 Å². The van der Waals surface area contributed by atoms with Crippen LogP contribution >= 0.6 is 0 Å². The van der Waals surface area contributed by atoms with E-state index >= 15 is 0 Å². The van der Waals surface area contributed by atoms with Crippen LogP contribution < -0.4 is 0 Å². The lowest BCUT2D eigenvalue weighted by atomic mass is 10.1. The molecule has 0 atom stereocenters. The Morgan fingerprint density at radius 3 is 1.74 bits per heavy atom. The van der Waals surface area contributed by atoms with Gasteiger partial charge in [0.05, 0.1) is 45.7 Å². The molecule has 0 N–H and O–H groups in total. The van der Waals surface area contributed by atoms with E-state index in [1.54, 1.807) is 0 Å². The van der Waals surface area contributed by atoms with Gasteiger partial charge in [-0.15, -0.1) is 0 Å². The van der Waals surface area contributed by atoms with Gasteiger partial charge in [-0.05, 0) is 13.8 Å². The highest BCUT2D eigenvalue weighted by Gasteiger charge is 2.06. The molecule has 0 radical (unpaired) electrons. The summed E-state index contributed by atoms with van der Waals surface area (Å²) in [6.45, 7) is 11.1. The van der Waals surface area contributed by atoms with Crippen molar-refractivity contribution in [2.24, 2.45) is 5.92 Å². The largest absolute Gasteiger partial charge is 0.377 e. The normalized spacial score (nSPS) is 11.5. The van der Waals surface area contributed by atoms with Gasteiger partial charge in [-0.3, -0.25) is 4.79 Å².